The van der Waals surface area contributed by atoms with Crippen molar-refractivity contribution in [1.82, 2.24) is 0 Å². The summed E-state index contributed by atoms with van der Waals surface area (Å²) < 4.78 is 0. The van der Waals surface area contributed by atoms with Gasteiger partial charge in [-0.25, -0.2) is 0 Å². The lowest BCUT2D eigenvalue weighted by molar-refractivity contribution is 0.127. The average molecular weight is 503 g/mol. The Bertz CT molecular complexity index is 858. The highest BCUT2D eigenvalue weighted by molar-refractivity contribution is 8.34. The molecule has 2 aromatic rings. The second-order valence-corrected chi connectivity index (χ2v) is 16.3. The largest absolute Gasteiger partial charge is 0.181 e. The van der Waals surface area contributed by atoms with Crippen LogP contribution in [0.3, 0.4) is 0 Å². The Kier molecular flexibility index (Phi) is 8.13. The molecule has 1 saturated heterocycles. The van der Waals surface area contributed by atoms with Crippen LogP contribution < -0.4 is 0 Å². The summed E-state index contributed by atoms with van der Waals surface area (Å²) in [5.74, 6) is 3.86. The van der Waals surface area contributed by atoms with Gasteiger partial charge in [0.1, 0.15) is 0 Å². The summed E-state index contributed by atoms with van der Waals surface area (Å²) in [6, 6.07) is 24.4. The molecule has 196 valence electrons. The van der Waals surface area contributed by atoms with Crippen LogP contribution in [0.4, 0.5) is 0 Å². The minimum Gasteiger partial charge on any atom is -0.181 e. The van der Waals surface area contributed by atoms with E-state index in [0.29, 0.717) is 0 Å². The first-order valence-electron chi connectivity index (χ1n) is 15.8. The molecule has 1 aliphatic heterocycles. The van der Waals surface area contributed by atoms with E-state index >= 15 is 0 Å². The highest BCUT2D eigenvalue weighted by Gasteiger charge is 2.55. The minimum absolute atomic E-state index is 0.877. The van der Waals surface area contributed by atoms with Gasteiger partial charge in [-0.15, -0.1) is 0 Å². The van der Waals surface area contributed by atoms with Gasteiger partial charge in [0, 0.05) is 10.5 Å². The van der Waals surface area contributed by atoms with E-state index in [-0.39, 0.29) is 0 Å². The minimum atomic E-state index is -1.14. The summed E-state index contributed by atoms with van der Waals surface area (Å²) in [7, 11) is -1.14. The molecular formula is C35H50S. The summed E-state index contributed by atoms with van der Waals surface area (Å²) >= 11 is 0. The fourth-order valence-electron chi connectivity index (χ4n) is 9.64. The average Bonchev–Trinajstić information content (AvgIpc) is 3.17. The van der Waals surface area contributed by atoms with Crippen LogP contribution >= 0.6 is 10.0 Å². The van der Waals surface area contributed by atoms with E-state index in [1.54, 1.807) is 9.79 Å². The molecule has 4 fully saturated rings. The fraction of sp³-hybridized carbons (Fsp3) is 0.657. The van der Waals surface area contributed by atoms with E-state index in [9.17, 15) is 0 Å². The van der Waals surface area contributed by atoms with Crippen LogP contribution in [-0.4, -0.2) is 10.5 Å². The van der Waals surface area contributed by atoms with Crippen LogP contribution in [-0.2, 0) is 0 Å². The molecule has 6 rings (SSSR count). The van der Waals surface area contributed by atoms with E-state index < -0.39 is 10.0 Å². The maximum Gasteiger partial charge on any atom is 0.0000245 e. The van der Waals surface area contributed by atoms with Crippen molar-refractivity contribution in [3.63, 3.8) is 0 Å². The Morgan fingerprint density at radius 2 is 0.694 bits per heavy atom. The summed E-state index contributed by atoms with van der Waals surface area (Å²) in [5.41, 5.74) is 0. The van der Waals surface area contributed by atoms with Crippen molar-refractivity contribution in [3.8, 4) is 0 Å². The van der Waals surface area contributed by atoms with Gasteiger partial charge in [0.05, 0.1) is 0 Å². The Morgan fingerprint density at radius 3 is 1.11 bits per heavy atom. The molecule has 6 atom stereocenters. The van der Waals surface area contributed by atoms with Crippen molar-refractivity contribution in [1.29, 1.82) is 0 Å². The molecule has 0 bridgehead atoms. The third-order valence-electron chi connectivity index (χ3n) is 11.0. The van der Waals surface area contributed by atoms with E-state index in [0.717, 1.165) is 34.2 Å². The van der Waals surface area contributed by atoms with Gasteiger partial charge in [-0.2, -0.15) is 10.0 Å². The SMILES string of the molecule is c1ccc(S2(c3ccccc3)C3CCCCCCC3C3CCCCCC3C3CCCCCCC32)cc1. The van der Waals surface area contributed by atoms with Crippen molar-refractivity contribution >= 4 is 10.0 Å². The first-order valence-corrected chi connectivity index (χ1v) is 17.6. The quantitative estimate of drug-likeness (QED) is 0.383. The van der Waals surface area contributed by atoms with Gasteiger partial charge >= 0.3 is 0 Å². The van der Waals surface area contributed by atoms with Crippen molar-refractivity contribution in [2.24, 2.45) is 23.7 Å². The Hall–Kier alpha value is -1.21. The smallest absolute Gasteiger partial charge is 0.0000245 e. The predicted octanol–water partition coefficient (Wildman–Crippen LogP) is 10.8. The van der Waals surface area contributed by atoms with Crippen LogP contribution in [0.15, 0.2) is 70.5 Å². The van der Waals surface area contributed by atoms with Crippen LogP contribution in [0.25, 0.3) is 0 Å². The van der Waals surface area contributed by atoms with Crippen molar-refractivity contribution in [2.45, 2.75) is 129 Å². The number of hydrogen-bond acceptors (Lipinski definition) is 0. The Balaban J connectivity index is 1.63. The zero-order valence-corrected chi connectivity index (χ0v) is 23.5. The second-order valence-electron chi connectivity index (χ2n) is 12.7. The molecule has 1 heterocycles. The molecular weight excluding hydrogens is 452 g/mol. The van der Waals surface area contributed by atoms with E-state index in [2.05, 4.69) is 60.7 Å². The molecule has 0 N–H and O–H groups in total. The molecule has 3 saturated carbocycles. The third kappa shape index (κ3) is 4.61. The zero-order valence-electron chi connectivity index (χ0n) is 22.7. The molecule has 0 amide bonds. The lowest BCUT2D eigenvalue weighted by Gasteiger charge is -2.56. The highest BCUT2D eigenvalue weighted by atomic mass is 32.3. The molecule has 0 spiro atoms. The number of fused-ring (bicyclic) bond motifs is 5. The van der Waals surface area contributed by atoms with Crippen molar-refractivity contribution in [3.05, 3.63) is 60.7 Å². The van der Waals surface area contributed by atoms with Crippen LogP contribution in [0.2, 0.25) is 0 Å². The summed E-state index contributed by atoms with van der Waals surface area (Å²) in [6.07, 6.45) is 25.3. The summed E-state index contributed by atoms with van der Waals surface area (Å²) in [5, 5.41) is 1.75. The van der Waals surface area contributed by atoms with Gasteiger partial charge in [0.15, 0.2) is 0 Å². The van der Waals surface area contributed by atoms with Gasteiger partial charge in [0.2, 0.25) is 0 Å². The van der Waals surface area contributed by atoms with E-state index in [1.807, 2.05) is 0 Å². The van der Waals surface area contributed by atoms with Gasteiger partial charge in [-0.05, 0) is 96.3 Å². The Labute approximate surface area is 223 Å². The van der Waals surface area contributed by atoms with Crippen LogP contribution in [0.1, 0.15) is 109 Å². The normalized spacial score (nSPS) is 36.1. The Morgan fingerprint density at radius 1 is 0.361 bits per heavy atom. The summed E-state index contributed by atoms with van der Waals surface area (Å²) in [4.78, 5) is 3.50. The van der Waals surface area contributed by atoms with Crippen LogP contribution in [0, 0.1) is 23.7 Å². The number of benzene rings is 2. The van der Waals surface area contributed by atoms with Gasteiger partial charge in [-0.3, -0.25) is 0 Å². The number of hydrogen-bond donors (Lipinski definition) is 0. The molecule has 3 aliphatic carbocycles. The van der Waals surface area contributed by atoms with Crippen molar-refractivity contribution < 1.29 is 0 Å². The lowest BCUT2D eigenvalue weighted by atomic mass is 9.66. The van der Waals surface area contributed by atoms with Crippen molar-refractivity contribution in [2.75, 3.05) is 0 Å². The highest BCUT2D eigenvalue weighted by Crippen LogP contribution is 2.77. The predicted molar refractivity (Wildman–Crippen MR) is 157 cm³/mol. The standard InChI is InChI=1S/C35H50S/c1-3-16-26-34-32(24-12-1)30-22-14-7-15-23-31(30)33-25-13-2-4-17-27-35(33)36(34,28-18-8-5-9-19-28)29-20-10-6-11-21-29/h5-6,8-11,18-21,30-35H,1-4,7,12-17,22-27H2. The molecule has 0 nitrogen and oxygen atoms in total. The maximum absolute atomic E-state index is 2.59. The molecule has 0 radical (unpaired) electrons. The molecule has 4 aliphatic rings. The summed E-state index contributed by atoms with van der Waals surface area (Å²) in [6.45, 7) is 0. The zero-order chi connectivity index (χ0) is 24.2. The first kappa shape index (κ1) is 25.1. The molecule has 2 aromatic carbocycles. The van der Waals surface area contributed by atoms with Gasteiger partial charge in [-0.1, -0.05) is 107 Å². The second kappa shape index (κ2) is 11.7. The molecule has 1 heteroatoms. The lowest BCUT2D eigenvalue weighted by Crippen LogP contribution is -2.37. The first-order chi connectivity index (χ1) is 17.9. The third-order valence-corrected chi connectivity index (χ3v) is 16.1. The van der Waals surface area contributed by atoms with E-state index in [1.165, 1.54) is 109 Å². The van der Waals surface area contributed by atoms with Crippen LogP contribution in [0.5, 0.6) is 0 Å². The van der Waals surface area contributed by atoms with Gasteiger partial charge in [0.25, 0.3) is 0 Å². The van der Waals surface area contributed by atoms with Gasteiger partial charge < -0.3 is 0 Å². The molecule has 0 aromatic heterocycles. The topological polar surface area (TPSA) is 0 Å². The number of rotatable bonds is 2. The van der Waals surface area contributed by atoms with E-state index in [4.69, 9.17) is 0 Å². The molecule has 6 unspecified atom stereocenters. The maximum atomic E-state index is 2.59. The monoisotopic (exact) mass is 502 g/mol. The fourth-order valence-corrected chi connectivity index (χ4v) is 15.8. The molecule has 36 heavy (non-hydrogen) atoms.